The molecule has 0 radical (unpaired) electrons. The summed E-state index contributed by atoms with van der Waals surface area (Å²) in [4.78, 5) is 17.5. The minimum absolute atomic E-state index is 0.0607. The quantitative estimate of drug-likeness (QED) is 0.711. The van der Waals surface area contributed by atoms with Gasteiger partial charge in [-0.25, -0.2) is 15.0 Å². The van der Waals surface area contributed by atoms with Crippen molar-refractivity contribution in [3.8, 4) is 6.01 Å². The first kappa shape index (κ1) is 16.6. The second-order valence-electron chi connectivity index (χ2n) is 5.36. The topological polar surface area (TPSA) is 72.8 Å². The van der Waals surface area contributed by atoms with Crippen LogP contribution in [0, 0.1) is 6.92 Å². The predicted molar refractivity (Wildman–Crippen MR) is 97.2 cm³/mol. The number of rotatable bonds is 5. The highest BCUT2D eigenvalue weighted by molar-refractivity contribution is 9.10. The fourth-order valence-corrected chi connectivity index (χ4v) is 2.81. The highest BCUT2D eigenvalue weighted by atomic mass is 79.9. The normalized spacial score (nSPS) is 12.2. The van der Waals surface area contributed by atoms with Crippen molar-refractivity contribution in [1.82, 2.24) is 19.9 Å². The Morgan fingerprint density at radius 1 is 1.25 bits per heavy atom. The number of fused-ring (bicyclic) bond motifs is 1. The SMILES string of the molecule is CCOc1ncc2nc(C)nc(N[C@H](C)c3cccc(Br)c3)c2n1. The van der Waals surface area contributed by atoms with Crippen LogP contribution in [0.15, 0.2) is 34.9 Å². The molecule has 3 rings (SSSR count). The van der Waals surface area contributed by atoms with Crippen LogP contribution >= 0.6 is 15.9 Å². The van der Waals surface area contributed by atoms with Crippen molar-refractivity contribution in [3.63, 3.8) is 0 Å². The number of nitrogens with one attached hydrogen (secondary N) is 1. The number of benzene rings is 1. The number of nitrogens with zero attached hydrogens (tertiary/aromatic N) is 4. The third-order valence-electron chi connectivity index (χ3n) is 3.50. The second kappa shape index (κ2) is 7.09. The Morgan fingerprint density at radius 3 is 2.83 bits per heavy atom. The van der Waals surface area contributed by atoms with Crippen molar-refractivity contribution >= 4 is 32.8 Å². The third-order valence-corrected chi connectivity index (χ3v) is 4.00. The fourth-order valence-electron chi connectivity index (χ4n) is 2.39. The molecule has 0 spiro atoms. The van der Waals surface area contributed by atoms with Gasteiger partial charge in [0.05, 0.1) is 18.8 Å². The van der Waals surface area contributed by atoms with Crippen molar-refractivity contribution < 1.29 is 4.74 Å². The molecule has 0 aliphatic rings. The van der Waals surface area contributed by atoms with Crippen LogP contribution in [-0.2, 0) is 0 Å². The Labute approximate surface area is 148 Å². The molecule has 0 aliphatic carbocycles. The molecule has 1 aromatic carbocycles. The largest absolute Gasteiger partial charge is 0.464 e. The van der Waals surface area contributed by atoms with Crippen LogP contribution in [0.3, 0.4) is 0 Å². The van der Waals surface area contributed by atoms with Crippen LogP contribution in [0.25, 0.3) is 11.0 Å². The van der Waals surface area contributed by atoms with Gasteiger partial charge in [0.15, 0.2) is 5.82 Å². The van der Waals surface area contributed by atoms with E-state index >= 15 is 0 Å². The number of aryl methyl sites for hydroxylation is 1. The maximum Gasteiger partial charge on any atom is 0.317 e. The van der Waals surface area contributed by atoms with Gasteiger partial charge in [0.1, 0.15) is 16.9 Å². The zero-order chi connectivity index (χ0) is 17.1. The van der Waals surface area contributed by atoms with Gasteiger partial charge in [-0.05, 0) is 38.5 Å². The van der Waals surface area contributed by atoms with Crippen molar-refractivity contribution in [3.05, 3.63) is 46.3 Å². The summed E-state index contributed by atoms with van der Waals surface area (Å²) in [5, 5.41) is 3.42. The van der Waals surface area contributed by atoms with Gasteiger partial charge < -0.3 is 10.1 Å². The number of anilines is 1. The molecule has 24 heavy (non-hydrogen) atoms. The van der Waals surface area contributed by atoms with Gasteiger partial charge >= 0.3 is 6.01 Å². The molecule has 7 heteroatoms. The standard InChI is InChI=1S/C17H18BrN5O/c1-4-24-17-19-9-14-15(23-17)16(22-11(3)21-14)20-10(2)12-6-5-7-13(18)8-12/h5-10H,4H2,1-3H3,(H,20,21,22)/t10-/m1/s1. The third kappa shape index (κ3) is 3.62. The van der Waals surface area contributed by atoms with Crippen LogP contribution in [0.4, 0.5) is 5.82 Å². The first-order valence-electron chi connectivity index (χ1n) is 7.73. The number of aromatic nitrogens is 4. The van der Waals surface area contributed by atoms with E-state index < -0.39 is 0 Å². The lowest BCUT2D eigenvalue weighted by Gasteiger charge is -2.16. The first-order valence-corrected chi connectivity index (χ1v) is 8.52. The molecule has 1 atom stereocenters. The smallest absolute Gasteiger partial charge is 0.317 e. The van der Waals surface area contributed by atoms with Crippen molar-refractivity contribution in [2.75, 3.05) is 11.9 Å². The van der Waals surface area contributed by atoms with Gasteiger partial charge in [-0.15, -0.1) is 0 Å². The Kier molecular flexibility index (Phi) is 4.89. The Bertz CT molecular complexity index is 871. The van der Waals surface area contributed by atoms with E-state index in [1.807, 2.05) is 26.0 Å². The van der Waals surface area contributed by atoms with E-state index in [2.05, 4.69) is 60.2 Å². The lowest BCUT2D eigenvalue weighted by molar-refractivity contribution is 0.314. The number of hydrogen-bond acceptors (Lipinski definition) is 6. The minimum Gasteiger partial charge on any atom is -0.464 e. The summed E-state index contributed by atoms with van der Waals surface area (Å²) in [6, 6.07) is 8.55. The predicted octanol–water partition coefficient (Wildman–Crippen LogP) is 4.06. The summed E-state index contributed by atoms with van der Waals surface area (Å²) in [5.74, 6) is 1.34. The van der Waals surface area contributed by atoms with E-state index in [1.54, 1.807) is 6.20 Å². The number of hydrogen-bond donors (Lipinski definition) is 1. The maximum absolute atomic E-state index is 5.39. The summed E-state index contributed by atoms with van der Waals surface area (Å²) in [6.45, 7) is 6.34. The molecule has 0 unspecified atom stereocenters. The van der Waals surface area contributed by atoms with Crippen molar-refractivity contribution in [2.24, 2.45) is 0 Å². The molecule has 6 nitrogen and oxygen atoms in total. The molecule has 124 valence electrons. The van der Waals surface area contributed by atoms with E-state index in [1.165, 1.54) is 0 Å². The molecule has 2 aromatic heterocycles. The summed E-state index contributed by atoms with van der Waals surface area (Å²) in [7, 11) is 0. The summed E-state index contributed by atoms with van der Waals surface area (Å²) < 4.78 is 6.43. The highest BCUT2D eigenvalue weighted by Gasteiger charge is 2.13. The van der Waals surface area contributed by atoms with E-state index in [-0.39, 0.29) is 6.04 Å². The molecule has 1 N–H and O–H groups in total. The average Bonchev–Trinajstić information content (AvgIpc) is 2.55. The van der Waals surface area contributed by atoms with Crippen LogP contribution < -0.4 is 10.1 Å². The zero-order valence-corrected chi connectivity index (χ0v) is 15.3. The molecule has 0 saturated carbocycles. The van der Waals surface area contributed by atoms with E-state index in [9.17, 15) is 0 Å². The van der Waals surface area contributed by atoms with E-state index in [0.717, 1.165) is 10.0 Å². The molecular formula is C17H18BrN5O. The number of ether oxygens (including phenoxy) is 1. The van der Waals surface area contributed by atoms with Crippen LogP contribution in [0.2, 0.25) is 0 Å². The highest BCUT2D eigenvalue weighted by Crippen LogP contribution is 2.25. The first-order chi connectivity index (χ1) is 11.6. The Balaban J connectivity index is 1.99. The summed E-state index contributed by atoms with van der Waals surface area (Å²) in [6.07, 6.45) is 1.66. The van der Waals surface area contributed by atoms with Gasteiger partial charge in [-0.1, -0.05) is 28.1 Å². The molecule has 3 aromatic rings. The Morgan fingerprint density at radius 2 is 2.08 bits per heavy atom. The molecule has 0 aliphatic heterocycles. The van der Waals surface area contributed by atoms with Crippen molar-refractivity contribution in [1.29, 1.82) is 0 Å². The van der Waals surface area contributed by atoms with Gasteiger partial charge in [-0.2, -0.15) is 4.98 Å². The summed E-state index contributed by atoms with van der Waals surface area (Å²) >= 11 is 3.50. The lowest BCUT2D eigenvalue weighted by Crippen LogP contribution is -2.10. The van der Waals surface area contributed by atoms with Gasteiger partial charge in [-0.3, -0.25) is 0 Å². The fraction of sp³-hybridized carbons (Fsp3) is 0.294. The van der Waals surface area contributed by atoms with Crippen LogP contribution in [0.1, 0.15) is 31.3 Å². The molecule has 0 fully saturated rings. The second-order valence-corrected chi connectivity index (χ2v) is 6.28. The van der Waals surface area contributed by atoms with Crippen molar-refractivity contribution in [2.45, 2.75) is 26.8 Å². The monoisotopic (exact) mass is 387 g/mol. The van der Waals surface area contributed by atoms with Gasteiger partial charge in [0.2, 0.25) is 0 Å². The Hall–Kier alpha value is -2.28. The number of halogens is 1. The maximum atomic E-state index is 5.39. The molecule has 2 heterocycles. The minimum atomic E-state index is 0.0607. The summed E-state index contributed by atoms with van der Waals surface area (Å²) in [5.41, 5.74) is 2.49. The molecular weight excluding hydrogens is 370 g/mol. The zero-order valence-electron chi connectivity index (χ0n) is 13.7. The van der Waals surface area contributed by atoms with E-state index in [4.69, 9.17) is 4.74 Å². The van der Waals surface area contributed by atoms with Gasteiger partial charge in [0, 0.05) is 4.47 Å². The van der Waals surface area contributed by atoms with Crippen LogP contribution in [0.5, 0.6) is 6.01 Å². The molecule has 0 bridgehead atoms. The van der Waals surface area contributed by atoms with Crippen LogP contribution in [-0.4, -0.2) is 26.5 Å². The average molecular weight is 388 g/mol. The molecule has 0 amide bonds. The van der Waals surface area contributed by atoms with Gasteiger partial charge in [0.25, 0.3) is 0 Å². The molecule has 0 saturated heterocycles. The van der Waals surface area contributed by atoms with E-state index in [0.29, 0.717) is 35.3 Å². The lowest BCUT2D eigenvalue weighted by atomic mass is 10.1.